The average molecular weight is 537 g/mol. The fraction of sp³-hybridized carbons (Fsp3) is 0.500. The second-order valence-electron chi connectivity index (χ2n) is 11.4. The molecule has 1 atom stereocenters. The number of nitrogens with zero attached hydrogens (tertiary/aromatic N) is 1. The number of anilines is 1. The summed E-state index contributed by atoms with van der Waals surface area (Å²) in [6.45, 7) is 11.4. The fourth-order valence-electron chi connectivity index (χ4n) is 5.15. The number of benzene rings is 1. The summed E-state index contributed by atoms with van der Waals surface area (Å²) in [5.41, 5.74) is 4.80. The lowest BCUT2D eigenvalue weighted by atomic mass is 9.66. The van der Waals surface area contributed by atoms with Crippen molar-refractivity contribution in [3.63, 3.8) is 0 Å². The van der Waals surface area contributed by atoms with Gasteiger partial charge in [-0.3, -0.25) is 10.1 Å². The van der Waals surface area contributed by atoms with Crippen LogP contribution in [0, 0.1) is 11.3 Å². The predicted octanol–water partition coefficient (Wildman–Crippen LogP) is 6.67. The van der Waals surface area contributed by atoms with Crippen LogP contribution in [0.3, 0.4) is 0 Å². The molecule has 2 aromatic rings. The number of rotatable bonds is 11. The van der Waals surface area contributed by atoms with E-state index in [1.165, 1.54) is 17.2 Å². The number of carbonyl (C=O) groups excluding carboxylic acids is 1. The van der Waals surface area contributed by atoms with E-state index in [0.29, 0.717) is 48.9 Å². The number of aromatic nitrogens is 1. The standard InChI is InChI=1S/C32H44N2O5/c1-22(2)9-7-10-23(3)11-12-24-19-27-28(21-32(24,4)5)34(17-8-18-35)30(36)20-29(27)39-31(37)33-25-13-15-26(38-6)16-14-25/h9,11,13-16,20,24,35H,7-8,10,12,17-19,21H2,1-6H3,(H,33,37)/b23-11+. The molecule has 7 nitrogen and oxygen atoms in total. The summed E-state index contributed by atoms with van der Waals surface area (Å²) in [4.78, 5) is 26.0. The summed E-state index contributed by atoms with van der Waals surface area (Å²) >= 11 is 0. The molecule has 3 rings (SSSR count). The van der Waals surface area contributed by atoms with Crippen molar-refractivity contribution in [1.82, 2.24) is 4.57 Å². The second-order valence-corrected chi connectivity index (χ2v) is 11.4. The van der Waals surface area contributed by atoms with Crippen molar-refractivity contribution in [2.75, 3.05) is 19.0 Å². The number of hydrogen-bond acceptors (Lipinski definition) is 5. The van der Waals surface area contributed by atoms with Crippen LogP contribution in [0.4, 0.5) is 10.5 Å². The molecule has 0 spiro atoms. The van der Waals surface area contributed by atoms with Crippen molar-refractivity contribution in [2.45, 2.75) is 79.7 Å². The highest BCUT2D eigenvalue weighted by Crippen LogP contribution is 2.44. The van der Waals surface area contributed by atoms with E-state index in [1.807, 2.05) is 0 Å². The molecule has 0 radical (unpaired) electrons. The van der Waals surface area contributed by atoms with Gasteiger partial charge < -0.3 is 19.1 Å². The van der Waals surface area contributed by atoms with Crippen LogP contribution in [0.5, 0.6) is 11.5 Å². The van der Waals surface area contributed by atoms with E-state index in [1.54, 1.807) is 35.9 Å². The molecular weight excluding hydrogens is 492 g/mol. The molecule has 1 aliphatic carbocycles. The summed E-state index contributed by atoms with van der Waals surface area (Å²) in [5.74, 6) is 1.31. The van der Waals surface area contributed by atoms with Crippen molar-refractivity contribution in [2.24, 2.45) is 11.3 Å². The molecule has 7 heteroatoms. The second kappa shape index (κ2) is 13.7. The molecule has 0 bridgehead atoms. The lowest BCUT2D eigenvalue weighted by Gasteiger charge is -2.41. The van der Waals surface area contributed by atoms with Crippen LogP contribution in [0.1, 0.15) is 71.6 Å². The number of amides is 1. The molecule has 0 saturated carbocycles. The van der Waals surface area contributed by atoms with Gasteiger partial charge in [-0.25, -0.2) is 4.79 Å². The lowest BCUT2D eigenvalue weighted by molar-refractivity contribution is 0.182. The van der Waals surface area contributed by atoms with Crippen LogP contribution in [0.25, 0.3) is 0 Å². The quantitative estimate of drug-likeness (QED) is 0.313. The smallest absolute Gasteiger partial charge is 0.417 e. The molecule has 1 unspecified atom stereocenters. The number of hydrogen-bond donors (Lipinski definition) is 2. The minimum atomic E-state index is -0.647. The zero-order valence-corrected chi connectivity index (χ0v) is 24.3. The Bertz CT molecular complexity index is 1250. The van der Waals surface area contributed by atoms with Gasteiger partial charge in [-0.05, 0) is 94.9 Å². The Hall–Kier alpha value is -3.32. The lowest BCUT2D eigenvalue weighted by Crippen LogP contribution is -2.38. The third-order valence-electron chi connectivity index (χ3n) is 7.59. The highest BCUT2D eigenvalue weighted by Gasteiger charge is 2.38. The summed E-state index contributed by atoms with van der Waals surface area (Å²) in [5, 5.41) is 12.2. The van der Waals surface area contributed by atoms with Crippen molar-refractivity contribution in [3.05, 3.63) is 75.2 Å². The predicted molar refractivity (Wildman–Crippen MR) is 157 cm³/mol. The molecule has 39 heavy (non-hydrogen) atoms. The average Bonchev–Trinajstić information content (AvgIpc) is 2.87. The number of ether oxygens (including phenoxy) is 2. The van der Waals surface area contributed by atoms with E-state index in [9.17, 15) is 14.7 Å². The third-order valence-corrected chi connectivity index (χ3v) is 7.59. The van der Waals surface area contributed by atoms with Gasteiger partial charge in [0.25, 0.3) is 5.56 Å². The minimum absolute atomic E-state index is 0.00651. The Morgan fingerprint density at radius 3 is 2.54 bits per heavy atom. The van der Waals surface area contributed by atoms with Gasteiger partial charge in [0, 0.05) is 36.2 Å². The first-order chi connectivity index (χ1) is 18.5. The summed E-state index contributed by atoms with van der Waals surface area (Å²) < 4.78 is 12.7. The maximum Gasteiger partial charge on any atom is 0.417 e. The summed E-state index contributed by atoms with van der Waals surface area (Å²) in [6, 6.07) is 8.38. The zero-order valence-electron chi connectivity index (χ0n) is 24.3. The maximum absolute atomic E-state index is 13.1. The molecular formula is C32H44N2O5. The number of pyridine rings is 1. The van der Waals surface area contributed by atoms with E-state index >= 15 is 0 Å². The number of fused-ring (bicyclic) bond motifs is 1. The molecule has 0 saturated heterocycles. The number of nitrogens with one attached hydrogen (secondary N) is 1. The minimum Gasteiger partial charge on any atom is -0.497 e. The molecule has 2 N–H and O–H groups in total. The Morgan fingerprint density at radius 1 is 1.18 bits per heavy atom. The molecule has 212 valence electrons. The summed E-state index contributed by atoms with van der Waals surface area (Å²) in [7, 11) is 1.58. The number of aliphatic hydroxyl groups is 1. The van der Waals surface area contributed by atoms with Crippen LogP contribution in [0.2, 0.25) is 0 Å². The Morgan fingerprint density at radius 2 is 1.90 bits per heavy atom. The van der Waals surface area contributed by atoms with E-state index in [4.69, 9.17) is 9.47 Å². The van der Waals surface area contributed by atoms with Gasteiger partial charge in [-0.2, -0.15) is 0 Å². The monoisotopic (exact) mass is 536 g/mol. The first kappa shape index (κ1) is 30.2. The Labute approximate surface area is 232 Å². The van der Waals surface area contributed by atoms with Gasteiger partial charge in [-0.1, -0.05) is 37.1 Å². The fourth-order valence-corrected chi connectivity index (χ4v) is 5.15. The molecule has 1 heterocycles. The maximum atomic E-state index is 13.1. The first-order valence-corrected chi connectivity index (χ1v) is 13.8. The van der Waals surface area contributed by atoms with E-state index in [2.05, 4.69) is 52.1 Å². The van der Waals surface area contributed by atoms with Crippen LogP contribution in [-0.4, -0.2) is 29.5 Å². The van der Waals surface area contributed by atoms with E-state index in [0.717, 1.165) is 30.5 Å². The van der Waals surface area contributed by atoms with Gasteiger partial charge in [0.1, 0.15) is 11.5 Å². The van der Waals surface area contributed by atoms with Crippen molar-refractivity contribution in [1.29, 1.82) is 0 Å². The Kier molecular flexibility index (Phi) is 10.6. The van der Waals surface area contributed by atoms with Crippen LogP contribution >= 0.6 is 0 Å². The molecule has 0 fully saturated rings. The van der Waals surface area contributed by atoms with Crippen LogP contribution in [-0.2, 0) is 19.4 Å². The van der Waals surface area contributed by atoms with E-state index in [-0.39, 0.29) is 17.6 Å². The van der Waals surface area contributed by atoms with E-state index < -0.39 is 6.09 Å². The number of methoxy groups -OCH3 is 1. The molecule has 1 aromatic heterocycles. The Balaban J connectivity index is 1.88. The molecule has 1 aliphatic rings. The van der Waals surface area contributed by atoms with Crippen molar-refractivity contribution < 1.29 is 19.4 Å². The van der Waals surface area contributed by atoms with Crippen LogP contribution < -0.4 is 20.3 Å². The zero-order chi connectivity index (χ0) is 28.6. The van der Waals surface area contributed by atoms with Gasteiger partial charge in [-0.15, -0.1) is 0 Å². The highest BCUT2D eigenvalue weighted by atomic mass is 16.6. The van der Waals surface area contributed by atoms with Crippen LogP contribution in [0.15, 0.2) is 58.4 Å². The van der Waals surface area contributed by atoms with Crippen molar-refractivity contribution in [3.8, 4) is 11.5 Å². The third kappa shape index (κ3) is 8.33. The molecule has 1 amide bonds. The summed E-state index contributed by atoms with van der Waals surface area (Å²) in [6.07, 6.45) is 8.84. The number of allylic oxidation sites excluding steroid dienone is 4. The molecule has 1 aromatic carbocycles. The van der Waals surface area contributed by atoms with Crippen molar-refractivity contribution >= 4 is 11.8 Å². The SMILES string of the molecule is COc1ccc(NC(=O)Oc2cc(=O)n(CCCO)c3c2CC(C/C=C(\C)CCC=C(C)C)C(C)(C)C3)cc1. The number of aliphatic hydroxyl groups excluding tert-OH is 1. The molecule has 0 aliphatic heterocycles. The van der Waals surface area contributed by atoms with Gasteiger partial charge in [0.15, 0.2) is 0 Å². The normalized spacial score (nSPS) is 16.3. The van der Waals surface area contributed by atoms with Gasteiger partial charge in [0.2, 0.25) is 0 Å². The first-order valence-electron chi connectivity index (χ1n) is 13.8. The largest absolute Gasteiger partial charge is 0.497 e. The highest BCUT2D eigenvalue weighted by molar-refractivity contribution is 5.86. The van der Waals surface area contributed by atoms with Gasteiger partial charge in [0.05, 0.1) is 7.11 Å². The number of carbonyl (C=O) groups is 1. The topological polar surface area (TPSA) is 89.8 Å². The van der Waals surface area contributed by atoms with Gasteiger partial charge >= 0.3 is 6.09 Å².